The van der Waals surface area contributed by atoms with Gasteiger partial charge in [0, 0.05) is 4.47 Å². The van der Waals surface area contributed by atoms with Crippen molar-refractivity contribution in [3.05, 3.63) is 27.7 Å². The largest absolute Gasteiger partial charge is 0.459 e. The summed E-state index contributed by atoms with van der Waals surface area (Å²) in [6, 6.07) is 2.87. The molecule has 0 aromatic heterocycles. The Morgan fingerprint density at radius 2 is 1.94 bits per heavy atom. The van der Waals surface area contributed by atoms with Gasteiger partial charge < -0.3 is 4.74 Å². The second kappa shape index (κ2) is 5.38. The Morgan fingerprint density at radius 3 is 2.39 bits per heavy atom. The zero-order chi connectivity index (χ0) is 14.1. The molecule has 18 heavy (non-hydrogen) atoms. The summed E-state index contributed by atoms with van der Waals surface area (Å²) in [4.78, 5) is 11.7. The van der Waals surface area contributed by atoms with Gasteiger partial charge in [0.05, 0.1) is 16.6 Å². The van der Waals surface area contributed by atoms with Gasteiger partial charge in [-0.1, -0.05) is 15.9 Å². The summed E-state index contributed by atoms with van der Waals surface area (Å²) in [6.45, 7) is 4.95. The molecular formula is C11H14BrNO4S. The number of hydrogen-bond donors (Lipinski definition) is 1. The quantitative estimate of drug-likeness (QED) is 0.855. The third kappa shape index (κ3) is 3.54. The number of sulfonamides is 1. The van der Waals surface area contributed by atoms with Crippen LogP contribution in [-0.4, -0.2) is 20.5 Å². The lowest BCUT2D eigenvalue weighted by molar-refractivity contribution is 0.0376. The summed E-state index contributed by atoms with van der Waals surface area (Å²) in [5, 5.41) is 5.10. The first kappa shape index (κ1) is 15.1. The van der Waals surface area contributed by atoms with Crippen molar-refractivity contribution in [2.45, 2.75) is 31.8 Å². The molecule has 1 aromatic carbocycles. The van der Waals surface area contributed by atoms with Gasteiger partial charge in [-0.05, 0) is 38.5 Å². The molecule has 0 aliphatic heterocycles. The fraction of sp³-hybridized carbons (Fsp3) is 0.364. The Hall–Kier alpha value is -0.920. The second-order valence-electron chi connectivity index (χ2n) is 4.08. The number of hydrogen-bond acceptors (Lipinski definition) is 4. The van der Waals surface area contributed by atoms with Gasteiger partial charge in [0.2, 0.25) is 10.0 Å². The molecule has 0 aliphatic carbocycles. The van der Waals surface area contributed by atoms with Crippen LogP contribution in [0.3, 0.4) is 0 Å². The lowest BCUT2D eigenvalue weighted by Crippen LogP contribution is -2.18. The van der Waals surface area contributed by atoms with Gasteiger partial charge in [-0.2, -0.15) is 0 Å². The summed E-state index contributed by atoms with van der Waals surface area (Å²) in [5.41, 5.74) is 0.466. The highest BCUT2D eigenvalue weighted by Gasteiger charge is 2.20. The summed E-state index contributed by atoms with van der Waals surface area (Å²) in [5.74, 6) is -0.575. The molecule has 1 aromatic rings. The molecule has 100 valence electrons. The minimum atomic E-state index is -3.88. The molecule has 0 atom stereocenters. The van der Waals surface area contributed by atoms with E-state index in [2.05, 4.69) is 15.9 Å². The van der Waals surface area contributed by atoms with Gasteiger partial charge >= 0.3 is 5.97 Å². The maximum atomic E-state index is 11.8. The topological polar surface area (TPSA) is 86.5 Å². The number of primary sulfonamides is 1. The molecule has 0 saturated heterocycles. The Kier molecular flexibility index (Phi) is 4.52. The molecule has 2 N–H and O–H groups in total. The van der Waals surface area contributed by atoms with Crippen LogP contribution in [0.1, 0.15) is 29.8 Å². The Balaban J connectivity index is 3.39. The predicted molar refractivity (Wildman–Crippen MR) is 70.8 cm³/mol. The molecule has 0 heterocycles. The van der Waals surface area contributed by atoms with Crippen molar-refractivity contribution in [1.29, 1.82) is 0 Å². The van der Waals surface area contributed by atoms with E-state index in [0.717, 1.165) is 0 Å². The molecule has 1 rings (SSSR count). The highest BCUT2D eigenvalue weighted by Crippen LogP contribution is 2.24. The number of carbonyl (C=O) groups excluding carboxylic acids is 1. The molecule has 0 unspecified atom stereocenters. The maximum Gasteiger partial charge on any atom is 0.338 e. The lowest BCUT2D eigenvalue weighted by Gasteiger charge is -2.12. The summed E-state index contributed by atoms with van der Waals surface area (Å²) >= 11 is 3.15. The van der Waals surface area contributed by atoms with Crippen molar-refractivity contribution in [3.8, 4) is 0 Å². The van der Waals surface area contributed by atoms with E-state index in [9.17, 15) is 13.2 Å². The van der Waals surface area contributed by atoms with Crippen molar-refractivity contribution in [2.24, 2.45) is 5.14 Å². The number of carbonyl (C=O) groups is 1. The zero-order valence-electron chi connectivity index (χ0n) is 10.2. The molecule has 5 nitrogen and oxygen atoms in total. The third-order valence-corrected chi connectivity index (χ3v) is 3.69. The minimum absolute atomic E-state index is 0.0902. The van der Waals surface area contributed by atoms with Crippen LogP contribution >= 0.6 is 15.9 Å². The molecule has 0 bridgehead atoms. The fourth-order valence-corrected chi connectivity index (χ4v) is 2.88. The number of nitrogens with two attached hydrogens (primary N) is 1. The first-order valence-corrected chi connectivity index (χ1v) is 7.50. The van der Waals surface area contributed by atoms with Crippen LogP contribution in [0.4, 0.5) is 0 Å². The average Bonchev–Trinajstić information content (AvgIpc) is 2.18. The number of rotatable bonds is 3. The van der Waals surface area contributed by atoms with Crippen molar-refractivity contribution in [2.75, 3.05) is 0 Å². The molecule has 0 radical (unpaired) electrons. The number of esters is 1. The SMILES string of the molecule is Cc1c(C(=O)OC(C)C)cc(Br)cc1S(N)(=O)=O. The summed E-state index contributed by atoms with van der Waals surface area (Å²) in [7, 11) is -3.88. The van der Waals surface area contributed by atoms with Crippen molar-refractivity contribution in [3.63, 3.8) is 0 Å². The highest BCUT2D eigenvalue weighted by molar-refractivity contribution is 9.10. The standard InChI is InChI=1S/C11H14BrNO4S/c1-6(2)17-11(14)9-4-8(12)5-10(7(9)3)18(13,15)16/h4-6H,1-3H3,(H2,13,15,16). The van der Waals surface area contributed by atoms with Crippen LogP contribution in [0.15, 0.2) is 21.5 Å². The zero-order valence-corrected chi connectivity index (χ0v) is 12.6. The van der Waals surface area contributed by atoms with E-state index >= 15 is 0 Å². The maximum absolute atomic E-state index is 11.8. The Labute approximate surface area is 114 Å². The van der Waals surface area contributed by atoms with Crippen molar-refractivity contribution in [1.82, 2.24) is 0 Å². The van der Waals surface area contributed by atoms with Crippen LogP contribution in [-0.2, 0) is 14.8 Å². The van der Waals surface area contributed by atoms with E-state index in [1.807, 2.05) is 0 Å². The van der Waals surface area contributed by atoms with Crippen LogP contribution in [0.5, 0.6) is 0 Å². The van der Waals surface area contributed by atoms with Crippen molar-refractivity contribution >= 4 is 31.9 Å². The van der Waals surface area contributed by atoms with E-state index in [1.165, 1.54) is 19.1 Å². The van der Waals surface area contributed by atoms with Gasteiger partial charge in [-0.25, -0.2) is 18.4 Å². The van der Waals surface area contributed by atoms with E-state index in [1.54, 1.807) is 13.8 Å². The molecular weight excluding hydrogens is 322 g/mol. The van der Waals surface area contributed by atoms with Gasteiger partial charge in [-0.3, -0.25) is 0 Å². The van der Waals surface area contributed by atoms with Crippen LogP contribution in [0.2, 0.25) is 0 Å². The second-order valence-corrected chi connectivity index (χ2v) is 6.52. The number of halogens is 1. The summed E-state index contributed by atoms with van der Waals surface area (Å²) < 4.78 is 28.3. The van der Waals surface area contributed by atoms with E-state index in [0.29, 0.717) is 4.47 Å². The number of ether oxygens (including phenoxy) is 1. The van der Waals surface area contributed by atoms with E-state index in [-0.39, 0.29) is 22.1 Å². The summed E-state index contributed by atoms with van der Waals surface area (Å²) in [6.07, 6.45) is -0.284. The van der Waals surface area contributed by atoms with Crippen LogP contribution < -0.4 is 5.14 Å². The molecule has 0 aliphatic rings. The normalized spacial score (nSPS) is 11.7. The lowest BCUT2D eigenvalue weighted by atomic mass is 10.1. The molecule has 7 heteroatoms. The van der Waals surface area contributed by atoms with Gasteiger partial charge in [-0.15, -0.1) is 0 Å². The fourth-order valence-electron chi connectivity index (χ4n) is 1.44. The van der Waals surface area contributed by atoms with E-state index in [4.69, 9.17) is 9.88 Å². The highest BCUT2D eigenvalue weighted by atomic mass is 79.9. The molecule has 0 spiro atoms. The number of benzene rings is 1. The first-order chi connectivity index (χ1) is 8.12. The smallest absolute Gasteiger partial charge is 0.338 e. The third-order valence-electron chi connectivity index (χ3n) is 2.19. The Bertz CT molecular complexity index is 581. The monoisotopic (exact) mass is 335 g/mol. The average molecular weight is 336 g/mol. The van der Waals surface area contributed by atoms with Crippen LogP contribution in [0.25, 0.3) is 0 Å². The predicted octanol–water partition coefficient (Wildman–Crippen LogP) is 1.97. The van der Waals surface area contributed by atoms with Gasteiger partial charge in [0.1, 0.15) is 0 Å². The molecule has 0 saturated carbocycles. The van der Waals surface area contributed by atoms with Gasteiger partial charge in [0.15, 0.2) is 0 Å². The molecule has 0 fully saturated rings. The van der Waals surface area contributed by atoms with Crippen LogP contribution in [0, 0.1) is 6.92 Å². The Morgan fingerprint density at radius 1 is 1.39 bits per heavy atom. The van der Waals surface area contributed by atoms with Crippen molar-refractivity contribution < 1.29 is 17.9 Å². The van der Waals surface area contributed by atoms with Gasteiger partial charge in [0.25, 0.3) is 0 Å². The minimum Gasteiger partial charge on any atom is -0.459 e. The molecule has 0 amide bonds. The van der Waals surface area contributed by atoms with E-state index < -0.39 is 16.0 Å². The first-order valence-electron chi connectivity index (χ1n) is 5.17.